The van der Waals surface area contributed by atoms with Gasteiger partial charge in [0.15, 0.2) is 12.6 Å². The van der Waals surface area contributed by atoms with E-state index in [1.807, 2.05) is 0 Å². The van der Waals surface area contributed by atoms with Crippen molar-refractivity contribution in [3.8, 4) is 0 Å². The minimum absolute atomic E-state index is 0.119. The second-order valence-corrected chi connectivity index (χ2v) is 19.7. The van der Waals surface area contributed by atoms with Gasteiger partial charge in [-0.3, -0.25) is 0 Å². The van der Waals surface area contributed by atoms with Gasteiger partial charge in [0.2, 0.25) is 0 Å². The lowest BCUT2D eigenvalue weighted by Crippen LogP contribution is -2.39. The van der Waals surface area contributed by atoms with Gasteiger partial charge in [-0.25, -0.2) is 0 Å². The topological polar surface area (TPSA) is 80.4 Å². The van der Waals surface area contributed by atoms with Crippen LogP contribution in [0.4, 0.5) is 0 Å². The first kappa shape index (κ1) is 43.3. The second-order valence-electron chi connectivity index (χ2n) is 19.7. The van der Waals surface area contributed by atoms with E-state index in [4.69, 9.17) is 37.9 Å². The lowest BCUT2D eigenvalue weighted by molar-refractivity contribution is -0.173. The van der Waals surface area contributed by atoms with E-state index in [0.29, 0.717) is 47.5 Å². The highest BCUT2D eigenvalue weighted by Crippen LogP contribution is 2.50. The van der Waals surface area contributed by atoms with Crippen LogP contribution in [0.1, 0.15) is 170 Å². The van der Waals surface area contributed by atoms with Crippen LogP contribution in [0.3, 0.4) is 0 Å². The zero-order chi connectivity index (χ0) is 38.0. The van der Waals surface area contributed by atoms with Gasteiger partial charge in [-0.2, -0.15) is 0 Å². The first-order valence-corrected chi connectivity index (χ1v) is 23.1. The normalized spacial score (nSPS) is 36.1. The summed E-state index contributed by atoms with van der Waals surface area (Å²) in [4.78, 5) is 0. The summed E-state index contributed by atoms with van der Waals surface area (Å²) in [6.07, 6.45) is 26.4. The monoisotopic (exact) mass is 763 g/mol. The molecule has 6 fully saturated rings. The number of ether oxygens (including phenoxy) is 8. The maximum atomic E-state index is 6.38. The fourth-order valence-electron chi connectivity index (χ4n) is 11.0. The van der Waals surface area contributed by atoms with Crippen LogP contribution in [0.5, 0.6) is 0 Å². The van der Waals surface area contributed by atoms with Crippen molar-refractivity contribution >= 4 is 0 Å². The zero-order valence-electron chi connectivity index (χ0n) is 35.6. The second kappa shape index (κ2) is 21.1. The van der Waals surface area contributed by atoms with E-state index in [0.717, 1.165) is 102 Å². The number of hydrogen-bond acceptors (Lipinski definition) is 8. The average molecular weight is 763 g/mol. The molecule has 2 aliphatic heterocycles. The van der Waals surface area contributed by atoms with Gasteiger partial charge in [-0.15, -0.1) is 0 Å². The molecule has 8 heteroatoms. The molecule has 2 heterocycles. The third kappa shape index (κ3) is 13.6. The molecule has 4 atom stereocenters. The summed E-state index contributed by atoms with van der Waals surface area (Å²) in [6, 6.07) is 0. The highest BCUT2D eigenvalue weighted by Gasteiger charge is 2.43. The number of epoxide rings is 2. The lowest BCUT2D eigenvalue weighted by atomic mass is 9.60. The van der Waals surface area contributed by atoms with Crippen molar-refractivity contribution < 1.29 is 37.9 Å². The summed E-state index contributed by atoms with van der Waals surface area (Å²) < 4.78 is 47.8. The fraction of sp³-hybridized carbons (Fsp3) is 1.00. The summed E-state index contributed by atoms with van der Waals surface area (Å²) >= 11 is 0. The van der Waals surface area contributed by atoms with Crippen molar-refractivity contribution in [1.82, 2.24) is 0 Å². The van der Waals surface area contributed by atoms with Crippen LogP contribution in [0.25, 0.3) is 0 Å². The number of hydrogen-bond donors (Lipinski definition) is 0. The van der Waals surface area contributed by atoms with Gasteiger partial charge in [0.1, 0.15) is 12.2 Å². The average Bonchev–Trinajstić information content (AvgIpc) is 4.12. The molecule has 0 radical (unpaired) electrons. The van der Waals surface area contributed by atoms with Crippen LogP contribution in [-0.4, -0.2) is 88.8 Å². The molecular weight excluding hydrogens is 680 g/mol. The molecule has 2 saturated heterocycles. The number of unbranched alkanes of at least 4 members (excludes halogenated alkanes) is 3. The van der Waals surface area contributed by atoms with E-state index < -0.39 is 0 Å². The van der Waals surface area contributed by atoms with Gasteiger partial charge in [0.25, 0.3) is 0 Å². The zero-order valence-corrected chi connectivity index (χ0v) is 35.6. The van der Waals surface area contributed by atoms with Crippen molar-refractivity contribution in [3.05, 3.63) is 0 Å². The molecule has 0 N–H and O–H groups in total. The highest BCUT2D eigenvalue weighted by molar-refractivity contribution is 4.93. The van der Waals surface area contributed by atoms with Gasteiger partial charge in [0.05, 0.1) is 50.8 Å². The molecule has 314 valence electrons. The molecule has 0 aromatic heterocycles. The fourth-order valence-corrected chi connectivity index (χ4v) is 11.0. The molecule has 4 aliphatic carbocycles. The Morgan fingerprint density at radius 3 is 1.04 bits per heavy atom. The molecule has 8 nitrogen and oxygen atoms in total. The maximum Gasteiger partial charge on any atom is 0.155 e. The first-order valence-electron chi connectivity index (χ1n) is 23.1. The molecule has 54 heavy (non-hydrogen) atoms. The van der Waals surface area contributed by atoms with Crippen molar-refractivity contribution in [2.45, 2.75) is 219 Å². The summed E-state index contributed by atoms with van der Waals surface area (Å²) in [5.41, 5.74) is 0.790. The Kier molecular flexibility index (Phi) is 16.9. The van der Waals surface area contributed by atoms with Gasteiger partial charge in [-0.05, 0) is 164 Å². The minimum Gasteiger partial charge on any atom is -0.375 e. The molecule has 6 rings (SSSR count). The van der Waals surface area contributed by atoms with Crippen LogP contribution in [-0.2, 0) is 37.9 Å². The molecule has 0 aromatic carbocycles. The van der Waals surface area contributed by atoms with Crippen molar-refractivity contribution in [3.63, 3.8) is 0 Å². The summed E-state index contributed by atoms with van der Waals surface area (Å²) in [6.45, 7) is 19.3. The molecule has 0 bridgehead atoms. The quantitative estimate of drug-likeness (QED) is 0.0578. The maximum absolute atomic E-state index is 6.38. The van der Waals surface area contributed by atoms with Crippen LogP contribution in [0.15, 0.2) is 0 Å². The summed E-state index contributed by atoms with van der Waals surface area (Å²) in [5, 5.41) is 0. The lowest BCUT2D eigenvalue weighted by Gasteiger charge is -2.46. The molecule has 0 amide bonds. The standard InChI is InChI=1S/C46H82O8/c1-33(53-41-23-15-37(16-24-41)45(3,4)35-11-19-39(20-12-35)49-29-43-31-51-43)47-27-9-7-8-10-28-48-34(2)54-42-25-17-38(18-26-42)46(5,6)36-13-21-40(22-14-36)50-30-44-32-52-44/h33-44H,7-32H2,1-6H3. The van der Waals surface area contributed by atoms with Crippen LogP contribution in [0.2, 0.25) is 0 Å². The first-order chi connectivity index (χ1) is 26.1. The highest BCUT2D eigenvalue weighted by atomic mass is 16.7. The van der Waals surface area contributed by atoms with E-state index in [9.17, 15) is 0 Å². The van der Waals surface area contributed by atoms with Gasteiger partial charge in [-0.1, -0.05) is 40.5 Å². The summed E-state index contributed by atoms with van der Waals surface area (Å²) in [5.74, 6) is 3.21. The Labute approximate surface area is 330 Å². The molecule has 0 spiro atoms. The predicted octanol–water partition coefficient (Wildman–Crippen LogP) is 10.4. The van der Waals surface area contributed by atoms with Crippen molar-refractivity contribution in [1.29, 1.82) is 0 Å². The number of rotatable bonds is 23. The van der Waals surface area contributed by atoms with Gasteiger partial charge < -0.3 is 37.9 Å². The smallest absolute Gasteiger partial charge is 0.155 e. The Hall–Kier alpha value is -0.320. The Bertz CT molecular complexity index is 945. The SMILES string of the molecule is CC(OCCCCCCOC(C)OC1CCC(C(C)(C)C2CCC(OCC3CO3)CC2)CC1)OC1CCC(C(C)(C)C2CCC(OCC3CO3)CC2)CC1. The van der Waals surface area contributed by atoms with Crippen molar-refractivity contribution in [2.75, 3.05) is 39.6 Å². The van der Waals surface area contributed by atoms with E-state index in [-0.39, 0.29) is 12.6 Å². The Balaban J connectivity index is 0.732. The van der Waals surface area contributed by atoms with Crippen LogP contribution in [0, 0.1) is 34.5 Å². The third-order valence-corrected chi connectivity index (χ3v) is 15.3. The van der Waals surface area contributed by atoms with Gasteiger partial charge >= 0.3 is 0 Å². The van der Waals surface area contributed by atoms with E-state index in [1.165, 1.54) is 89.9 Å². The molecule has 4 unspecified atom stereocenters. The third-order valence-electron chi connectivity index (χ3n) is 15.3. The Morgan fingerprint density at radius 1 is 0.444 bits per heavy atom. The van der Waals surface area contributed by atoms with Crippen molar-refractivity contribution in [2.24, 2.45) is 34.5 Å². The molecular formula is C46H82O8. The van der Waals surface area contributed by atoms with E-state index in [1.54, 1.807) is 0 Å². The minimum atomic E-state index is -0.119. The van der Waals surface area contributed by atoms with Crippen LogP contribution >= 0.6 is 0 Å². The molecule has 0 aromatic rings. The summed E-state index contributed by atoms with van der Waals surface area (Å²) in [7, 11) is 0. The van der Waals surface area contributed by atoms with E-state index in [2.05, 4.69) is 41.5 Å². The van der Waals surface area contributed by atoms with Gasteiger partial charge in [0, 0.05) is 13.2 Å². The molecule has 6 aliphatic rings. The largest absolute Gasteiger partial charge is 0.375 e. The van der Waals surface area contributed by atoms with E-state index >= 15 is 0 Å². The van der Waals surface area contributed by atoms with Crippen LogP contribution < -0.4 is 0 Å². The predicted molar refractivity (Wildman–Crippen MR) is 213 cm³/mol. The Morgan fingerprint density at radius 2 is 0.741 bits per heavy atom. The molecule has 4 saturated carbocycles.